The van der Waals surface area contributed by atoms with Gasteiger partial charge in [0, 0.05) is 62.9 Å². The lowest BCUT2D eigenvalue weighted by Gasteiger charge is -2.35. The minimum atomic E-state index is -0.184. The van der Waals surface area contributed by atoms with Gasteiger partial charge in [0.15, 0.2) is 0 Å². The molecule has 142 valence electrons. The van der Waals surface area contributed by atoms with Crippen molar-refractivity contribution in [3.8, 4) is 0 Å². The monoisotopic (exact) mass is 379 g/mol. The molecular weight excluding hydrogens is 354 g/mol. The SMILES string of the molecule is O=C(NCCC(=O)N1CCN(C[C@@H]2CCCO2)CC1)c1ccc(Cl)cc1. The number of hydrogen-bond acceptors (Lipinski definition) is 4. The third kappa shape index (κ3) is 5.43. The molecule has 26 heavy (non-hydrogen) atoms. The number of rotatable bonds is 6. The molecule has 1 atom stereocenters. The normalized spacial score (nSPS) is 21.0. The summed E-state index contributed by atoms with van der Waals surface area (Å²) < 4.78 is 5.68. The molecule has 1 aromatic rings. The lowest BCUT2D eigenvalue weighted by atomic mass is 10.2. The van der Waals surface area contributed by atoms with Crippen molar-refractivity contribution in [1.82, 2.24) is 15.1 Å². The van der Waals surface area contributed by atoms with Crippen LogP contribution in [0.5, 0.6) is 0 Å². The molecule has 1 aromatic carbocycles. The highest BCUT2D eigenvalue weighted by molar-refractivity contribution is 6.30. The lowest BCUT2D eigenvalue weighted by molar-refractivity contribution is -0.132. The fourth-order valence-electron chi connectivity index (χ4n) is 3.40. The van der Waals surface area contributed by atoms with E-state index >= 15 is 0 Å². The average Bonchev–Trinajstić information content (AvgIpc) is 3.15. The van der Waals surface area contributed by atoms with E-state index < -0.39 is 0 Å². The number of ether oxygens (including phenoxy) is 1. The van der Waals surface area contributed by atoms with Crippen molar-refractivity contribution in [1.29, 1.82) is 0 Å². The molecule has 2 aliphatic rings. The predicted octanol–water partition coefficient (Wildman–Crippen LogP) is 1.78. The summed E-state index contributed by atoms with van der Waals surface area (Å²) in [5.74, 6) is -0.0889. The van der Waals surface area contributed by atoms with Crippen LogP contribution < -0.4 is 5.32 Å². The van der Waals surface area contributed by atoms with Crippen LogP contribution in [0.25, 0.3) is 0 Å². The molecule has 2 amide bonds. The molecule has 3 rings (SSSR count). The molecule has 0 unspecified atom stereocenters. The highest BCUT2D eigenvalue weighted by Gasteiger charge is 2.24. The molecule has 1 N–H and O–H groups in total. The van der Waals surface area contributed by atoms with Crippen LogP contribution in [0.4, 0.5) is 0 Å². The quantitative estimate of drug-likeness (QED) is 0.818. The van der Waals surface area contributed by atoms with Gasteiger partial charge in [0.25, 0.3) is 5.91 Å². The van der Waals surface area contributed by atoms with Crippen molar-refractivity contribution in [2.75, 3.05) is 45.9 Å². The standard InChI is InChI=1S/C19H26ClN3O3/c20-16-5-3-15(4-6-16)19(25)21-8-7-18(24)23-11-9-22(10-12-23)14-17-2-1-13-26-17/h3-6,17H,1-2,7-14H2,(H,21,25)/t17-/m0/s1. The highest BCUT2D eigenvalue weighted by Crippen LogP contribution is 2.14. The van der Waals surface area contributed by atoms with E-state index in [1.165, 1.54) is 0 Å². The molecular formula is C19H26ClN3O3. The van der Waals surface area contributed by atoms with Gasteiger partial charge in [0.2, 0.25) is 5.91 Å². The number of carbonyl (C=O) groups is 2. The van der Waals surface area contributed by atoms with E-state index in [1.54, 1.807) is 24.3 Å². The van der Waals surface area contributed by atoms with E-state index in [9.17, 15) is 9.59 Å². The molecule has 7 heteroatoms. The zero-order valence-electron chi connectivity index (χ0n) is 15.0. The number of piperazine rings is 1. The maximum Gasteiger partial charge on any atom is 0.251 e. The summed E-state index contributed by atoms with van der Waals surface area (Å²) >= 11 is 5.81. The Kier molecular flexibility index (Phi) is 6.88. The van der Waals surface area contributed by atoms with E-state index in [4.69, 9.17) is 16.3 Å². The van der Waals surface area contributed by atoms with E-state index in [-0.39, 0.29) is 11.8 Å². The highest BCUT2D eigenvalue weighted by atomic mass is 35.5. The minimum absolute atomic E-state index is 0.0955. The number of hydrogen-bond donors (Lipinski definition) is 1. The average molecular weight is 380 g/mol. The third-order valence-electron chi connectivity index (χ3n) is 4.94. The van der Waals surface area contributed by atoms with Crippen molar-refractivity contribution < 1.29 is 14.3 Å². The maximum absolute atomic E-state index is 12.3. The van der Waals surface area contributed by atoms with Gasteiger partial charge in [-0.1, -0.05) is 11.6 Å². The molecule has 0 spiro atoms. The number of nitrogens with zero attached hydrogens (tertiary/aromatic N) is 2. The number of halogens is 1. The van der Waals surface area contributed by atoms with Gasteiger partial charge in [0.05, 0.1) is 6.10 Å². The molecule has 2 fully saturated rings. The van der Waals surface area contributed by atoms with Gasteiger partial charge >= 0.3 is 0 Å². The van der Waals surface area contributed by atoms with Crippen molar-refractivity contribution in [2.45, 2.75) is 25.4 Å². The zero-order chi connectivity index (χ0) is 18.4. The summed E-state index contributed by atoms with van der Waals surface area (Å²) in [6, 6.07) is 6.70. The van der Waals surface area contributed by atoms with E-state index in [2.05, 4.69) is 10.2 Å². The molecule has 0 radical (unpaired) electrons. The fraction of sp³-hybridized carbons (Fsp3) is 0.579. The van der Waals surface area contributed by atoms with Crippen molar-refractivity contribution in [3.63, 3.8) is 0 Å². The molecule has 2 saturated heterocycles. The Morgan fingerprint density at radius 1 is 1.15 bits per heavy atom. The van der Waals surface area contributed by atoms with Crippen LogP contribution in [-0.2, 0) is 9.53 Å². The number of benzene rings is 1. The number of amides is 2. The lowest BCUT2D eigenvalue weighted by Crippen LogP contribution is -2.50. The van der Waals surface area contributed by atoms with Crippen molar-refractivity contribution in [3.05, 3.63) is 34.9 Å². The Balaban J connectivity index is 1.33. The Morgan fingerprint density at radius 2 is 1.88 bits per heavy atom. The second-order valence-electron chi connectivity index (χ2n) is 6.83. The summed E-state index contributed by atoms with van der Waals surface area (Å²) in [7, 11) is 0. The van der Waals surface area contributed by atoms with Crippen molar-refractivity contribution in [2.24, 2.45) is 0 Å². The largest absolute Gasteiger partial charge is 0.377 e. The molecule has 6 nitrogen and oxygen atoms in total. The fourth-order valence-corrected chi connectivity index (χ4v) is 3.53. The Morgan fingerprint density at radius 3 is 2.54 bits per heavy atom. The van der Waals surface area contributed by atoms with Gasteiger partial charge in [-0.25, -0.2) is 0 Å². The van der Waals surface area contributed by atoms with Gasteiger partial charge in [-0.15, -0.1) is 0 Å². The van der Waals surface area contributed by atoms with Crippen LogP contribution in [-0.4, -0.2) is 73.6 Å². The smallest absolute Gasteiger partial charge is 0.251 e. The minimum Gasteiger partial charge on any atom is -0.377 e. The first-order chi connectivity index (χ1) is 12.6. The topological polar surface area (TPSA) is 61.9 Å². The second-order valence-corrected chi connectivity index (χ2v) is 7.27. The third-order valence-corrected chi connectivity index (χ3v) is 5.19. The predicted molar refractivity (Wildman–Crippen MR) is 100 cm³/mol. The molecule has 0 aliphatic carbocycles. The summed E-state index contributed by atoms with van der Waals surface area (Å²) in [6.45, 7) is 5.47. The summed E-state index contributed by atoms with van der Waals surface area (Å²) in [5.41, 5.74) is 0.546. The van der Waals surface area contributed by atoms with Crippen LogP contribution >= 0.6 is 11.6 Å². The van der Waals surface area contributed by atoms with Gasteiger partial charge in [-0.2, -0.15) is 0 Å². The maximum atomic E-state index is 12.3. The molecule has 0 aromatic heterocycles. The molecule has 0 bridgehead atoms. The van der Waals surface area contributed by atoms with Crippen LogP contribution in [0.15, 0.2) is 24.3 Å². The van der Waals surface area contributed by atoms with Gasteiger partial charge < -0.3 is 15.0 Å². The van der Waals surface area contributed by atoms with Crippen molar-refractivity contribution >= 4 is 23.4 Å². The number of carbonyl (C=O) groups excluding carboxylic acids is 2. The van der Waals surface area contributed by atoms with Gasteiger partial charge in [-0.05, 0) is 37.1 Å². The van der Waals surface area contributed by atoms with E-state index in [1.807, 2.05) is 4.90 Å². The Labute approximate surface area is 159 Å². The van der Waals surface area contributed by atoms with E-state index in [0.29, 0.717) is 29.7 Å². The van der Waals surface area contributed by atoms with Crippen LogP contribution in [0.1, 0.15) is 29.6 Å². The van der Waals surface area contributed by atoms with Crippen LogP contribution in [0.2, 0.25) is 5.02 Å². The first-order valence-corrected chi connectivity index (χ1v) is 9.65. The summed E-state index contributed by atoms with van der Waals surface area (Å²) in [5, 5.41) is 3.38. The van der Waals surface area contributed by atoms with Gasteiger partial charge in [-0.3, -0.25) is 14.5 Å². The molecule has 2 heterocycles. The van der Waals surface area contributed by atoms with Gasteiger partial charge in [0.1, 0.15) is 0 Å². The molecule has 0 saturated carbocycles. The molecule has 2 aliphatic heterocycles. The van der Waals surface area contributed by atoms with Crippen LogP contribution in [0.3, 0.4) is 0 Å². The zero-order valence-corrected chi connectivity index (χ0v) is 15.7. The summed E-state index contributed by atoms with van der Waals surface area (Å²) in [4.78, 5) is 28.6. The van der Waals surface area contributed by atoms with Crippen LogP contribution in [0, 0.1) is 0 Å². The first-order valence-electron chi connectivity index (χ1n) is 9.27. The Bertz CT molecular complexity index is 609. The Hall–Kier alpha value is -1.63. The second kappa shape index (κ2) is 9.35. The van der Waals surface area contributed by atoms with E-state index in [0.717, 1.165) is 52.2 Å². The first kappa shape index (κ1) is 19.1. The number of nitrogens with one attached hydrogen (secondary N) is 1. The summed E-state index contributed by atoms with van der Waals surface area (Å²) in [6.07, 6.45) is 2.99.